The number of hydrogen-bond acceptors (Lipinski definition) is 3. The summed E-state index contributed by atoms with van der Waals surface area (Å²) in [7, 11) is 0. The Labute approximate surface area is 104 Å². The molecule has 0 saturated carbocycles. The summed E-state index contributed by atoms with van der Waals surface area (Å²) in [5.41, 5.74) is 1.05. The molecule has 2 N–H and O–H groups in total. The summed E-state index contributed by atoms with van der Waals surface area (Å²) in [5.74, 6) is 0. The fraction of sp³-hybridized carbons (Fsp3) is 0.417. The van der Waals surface area contributed by atoms with Gasteiger partial charge in [0.25, 0.3) is 0 Å². The first-order chi connectivity index (χ1) is 7.76. The van der Waals surface area contributed by atoms with Crippen molar-refractivity contribution in [3.05, 3.63) is 33.9 Å². The smallest absolute Gasteiger partial charge is 0.309 e. The molecule has 0 bridgehead atoms. The van der Waals surface area contributed by atoms with E-state index in [-0.39, 0.29) is 10.3 Å². The highest BCUT2D eigenvalue weighted by molar-refractivity contribution is 7.16. The Kier molecular flexibility index (Phi) is 4.86. The number of fused-ring (bicyclic) bond motifs is 1. The van der Waals surface area contributed by atoms with Crippen LogP contribution in [-0.2, 0) is 6.67 Å². The molecule has 0 aliphatic rings. The summed E-state index contributed by atoms with van der Waals surface area (Å²) >= 11 is 1.32. The molecule has 2 aromatic rings. The van der Waals surface area contributed by atoms with Crippen molar-refractivity contribution in [2.24, 2.45) is 0 Å². The lowest BCUT2D eigenvalue weighted by Gasteiger charge is -2.18. The molecular weight excluding hydrogens is 236 g/mol. The van der Waals surface area contributed by atoms with Gasteiger partial charge in [-0.1, -0.05) is 37.3 Å². The molecule has 0 amide bonds. The van der Waals surface area contributed by atoms with Crippen molar-refractivity contribution in [2.45, 2.75) is 20.5 Å². The van der Waals surface area contributed by atoms with Crippen LogP contribution in [0.2, 0.25) is 0 Å². The van der Waals surface area contributed by atoms with Gasteiger partial charge in [0.2, 0.25) is 0 Å². The standard InChI is InChI=1S/C12H16N2OS.H2O/c1-3-13(4-2)9-14-10-7-5-6-8-11(10)16-12(14)15;/h5-8H,3-4,9H2,1-2H3;1H2. The number of benzene rings is 1. The fourth-order valence-corrected chi connectivity index (χ4v) is 2.66. The van der Waals surface area contributed by atoms with E-state index >= 15 is 0 Å². The van der Waals surface area contributed by atoms with Gasteiger partial charge < -0.3 is 5.48 Å². The van der Waals surface area contributed by atoms with Crippen molar-refractivity contribution in [3.63, 3.8) is 0 Å². The molecule has 0 atom stereocenters. The maximum absolute atomic E-state index is 11.9. The van der Waals surface area contributed by atoms with E-state index in [0.717, 1.165) is 23.3 Å². The summed E-state index contributed by atoms with van der Waals surface area (Å²) in [6, 6.07) is 7.96. The molecule has 17 heavy (non-hydrogen) atoms. The normalized spacial score (nSPS) is 10.8. The zero-order valence-electron chi connectivity index (χ0n) is 10.1. The van der Waals surface area contributed by atoms with Crippen LogP contribution in [0.15, 0.2) is 29.1 Å². The minimum absolute atomic E-state index is 0. The van der Waals surface area contributed by atoms with E-state index in [1.807, 2.05) is 28.8 Å². The Morgan fingerprint density at radius 2 is 1.88 bits per heavy atom. The topological polar surface area (TPSA) is 56.7 Å². The predicted octanol–water partition coefficient (Wildman–Crippen LogP) is 1.54. The van der Waals surface area contributed by atoms with Gasteiger partial charge in [-0.15, -0.1) is 0 Å². The highest BCUT2D eigenvalue weighted by Gasteiger charge is 2.08. The van der Waals surface area contributed by atoms with Crippen LogP contribution in [0.4, 0.5) is 0 Å². The van der Waals surface area contributed by atoms with Gasteiger partial charge in [0, 0.05) is 0 Å². The summed E-state index contributed by atoms with van der Waals surface area (Å²) < 4.78 is 2.92. The molecule has 0 aliphatic heterocycles. The second-order valence-electron chi connectivity index (χ2n) is 3.71. The van der Waals surface area contributed by atoms with Crippen molar-refractivity contribution >= 4 is 21.6 Å². The third kappa shape index (κ3) is 2.74. The zero-order valence-corrected chi connectivity index (χ0v) is 11.0. The molecule has 0 aliphatic carbocycles. The van der Waals surface area contributed by atoms with Gasteiger partial charge >= 0.3 is 4.87 Å². The molecule has 0 spiro atoms. The maximum Gasteiger partial charge on any atom is 0.309 e. The average molecular weight is 254 g/mol. The van der Waals surface area contributed by atoms with Crippen molar-refractivity contribution < 1.29 is 5.48 Å². The van der Waals surface area contributed by atoms with Crippen LogP contribution in [0.5, 0.6) is 0 Å². The van der Waals surface area contributed by atoms with Crippen LogP contribution in [0.3, 0.4) is 0 Å². The molecule has 2 rings (SSSR count). The lowest BCUT2D eigenvalue weighted by Crippen LogP contribution is -2.29. The number of rotatable bonds is 4. The number of aromatic nitrogens is 1. The van der Waals surface area contributed by atoms with Gasteiger partial charge in [0.05, 0.1) is 16.9 Å². The molecule has 0 unspecified atom stereocenters. The van der Waals surface area contributed by atoms with Crippen LogP contribution in [0, 0.1) is 0 Å². The zero-order chi connectivity index (χ0) is 11.5. The van der Waals surface area contributed by atoms with Crippen molar-refractivity contribution in [2.75, 3.05) is 13.1 Å². The minimum Gasteiger partial charge on any atom is -0.412 e. The molecule has 5 heteroatoms. The largest absolute Gasteiger partial charge is 0.412 e. The van der Waals surface area contributed by atoms with Crippen molar-refractivity contribution in [1.29, 1.82) is 0 Å². The summed E-state index contributed by atoms with van der Waals surface area (Å²) in [5, 5.41) is 0. The van der Waals surface area contributed by atoms with Gasteiger partial charge in [-0.05, 0) is 25.2 Å². The van der Waals surface area contributed by atoms with Gasteiger partial charge in [-0.3, -0.25) is 14.3 Å². The summed E-state index contributed by atoms with van der Waals surface area (Å²) in [6.45, 7) is 6.85. The predicted molar refractivity (Wildman–Crippen MR) is 72.6 cm³/mol. The molecule has 1 aromatic heterocycles. The van der Waals surface area contributed by atoms with Gasteiger partial charge in [0.1, 0.15) is 0 Å². The molecule has 0 radical (unpaired) electrons. The van der Waals surface area contributed by atoms with E-state index in [2.05, 4.69) is 18.7 Å². The number of hydrogen-bond donors (Lipinski definition) is 0. The van der Waals surface area contributed by atoms with Gasteiger partial charge in [-0.25, -0.2) is 0 Å². The molecule has 0 saturated heterocycles. The molecule has 4 nitrogen and oxygen atoms in total. The third-order valence-corrected chi connectivity index (χ3v) is 3.77. The maximum atomic E-state index is 11.9. The second-order valence-corrected chi connectivity index (χ2v) is 4.70. The minimum atomic E-state index is 0. The van der Waals surface area contributed by atoms with Crippen LogP contribution in [-0.4, -0.2) is 28.0 Å². The SMILES string of the molecule is CCN(CC)Cn1c(=O)sc2ccccc21.O. The monoisotopic (exact) mass is 254 g/mol. The van der Waals surface area contributed by atoms with Gasteiger partial charge in [-0.2, -0.15) is 0 Å². The Bertz CT molecular complexity index is 529. The van der Waals surface area contributed by atoms with Crippen LogP contribution in [0.1, 0.15) is 13.8 Å². The first-order valence-corrected chi connectivity index (χ1v) is 6.38. The van der Waals surface area contributed by atoms with Crippen LogP contribution < -0.4 is 4.87 Å². The van der Waals surface area contributed by atoms with Crippen molar-refractivity contribution in [3.8, 4) is 0 Å². The number of nitrogens with zero attached hydrogens (tertiary/aromatic N) is 2. The van der Waals surface area contributed by atoms with E-state index in [1.165, 1.54) is 11.3 Å². The van der Waals surface area contributed by atoms with Crippen molar-refractivity contribution in [1.82, 2.24) is 9.47 Å². The average Bonchev–Trinajstić information content (AvgIpc) is 2.62. The Morgan fingerprint density at radius 1 is 1.24 bits per heavy atom. The Hall–Kier alpha value is -1.17. The van der Waals surface area contributed by atoms with E-state index in [0.29, 0.717) is 6.67 Å². The quantitative estimate of drug-likeness (QED) is 0.831. The number of thiazole rings is 1. The molecule has 94 valence electrons. The Balaban J connectivity index is 0.00000144. The first kappa shape index (κ1) is 13.9. The molecular formula is C12H18N2O2S. The van der Waals surface area contributed by atoms with Gasteiger partial charge in [0.15, 0.2) is 0 Å². The molecule has 0 fully saturated rings. The molecule has 1 aromatic carbocycles. The lowest BCUT2D eigenvalue weighted by atomic mass is 10.3. The van der Waals surface area contributed by atoms with Crippen LogP contribution >= 0.6 is 11.3 Å². The van der Waals surface area contributed by atoms with E-state index in [9.17, 15) is 4.79 Å². The first-order valence-electron chi connectivity index (χ1n) is 5.57. The second kappa shape index (κ2) is 5.95. The van der Waals surface area contributed by atoms with E-state index < -0.39 is 0 Å². The highest BCUT2D eigenvalue weighted by atomic mass is 32.1. The summed E-state index contributed by atoms with van der Waals surface area (Å²) in [4.78, 5) is 14.2. The van der Waals surface area contributed by atoms with E-state index in [4.69, 9.17) is 0 Å². The number of para-hydroxylation sites is 1. The molecule has 1 heterocycles. The van der Waals surface area contributed by atoms with E-state index in [1.54, 1.807) is 0 Å². The van der Waals surface area contributed by atoms with Crippen LogP contribution in [0.25, 0.3) is 10.2 Å². The fourth-order valence-electron chi connectivity index (χ4n) is 1.77. The Morgan fingerprint density at radius 3 is 2.53 bits per heavy atom. The third-order valence-electron chi connectivity index (χ3n) is 2.81. The lowest BCUT2D eigenvalue weighted by molar-refractivity contribution is 0.244. The highest BCUT2D eigenvalue weighted by Crippen LogP contribution is 2.16. The summed E-state index contributed by atoms with van der Waals surface area (Å²) in [6.07, 6.45) is 0.